The minimum Gasteiger partial charge on any atom is -0.320 e. The highest BCUT2D eigenvalue weighted by molar-refractivity contribution is 6.40. The van der Waals surface area contributed by atoms with E-state index in [9.17, 15) is 18.0 Å². The summed E-state index contributed by atoms with van der Waals surface area (Å²) in [6, 6.07) is 14.0. The van der Waals surface area contributed by atoms with Gasteiger partial charge in [0, 0.05) is 6.20 Å². The van der Waals surface area contributed by atoms with Crippen molar-refractivity contribution < 1.29 is 18.0 Å². The molecule has 0 aliphatic heterocycles. The number of hydrogen-bond donors (Lipinski definition) is 1. The number of fused-ring (bicyclic) bond motifs is 1. The van der Waals surface area contributed by atoms with Crippen molar-refractivity contribution in [2.24, 2.45) is 0 Å². The topological polar surface area (TPSA) is 59.8 Å². The molecule has 1 N–H and O–H groups in total. The second-order valence-corrected chi connectivity index (χ2v) is 7.38. The van der Waals surface area contributed by atoms with Crippen LogP contribution in [0, 0.1) is 0 Å². The predicted octanol–water partition coefficient (Wildman–Crippen LogP) is 6.06. The molecule has 0 unspecified atom stereocenters. The van der Waals surface area contributed by atoms with Crippen LogP contribution in [0.5, 0.6) is 0 Å². The molecule has 1 amide bonds. The van der Waals surface area contributed by atoms with Crippen molar-refractivity contribution in [3.63, 3.8) is 0 Å². The van der Waals surface area contributed by atoms with E-state index < -0.39 is 17.9 Å². The molecule has 0 saturated carbocycles. The van der Waals surface area contributed by atoms with Crippen LogP contribution < -0.4 is 5.32 Å². The van der Waals surface area contributed by atoms with E-state index in [4.69, 9.17) is 23.2 Å². The van der Waals surface area contributed by atoms with Crippen molar-refractivity contribution in [3.8, 4) is 0 Å². The van der Waals surface area contributed by atoms with Crippen LogP contribution in [-0.4, -0.2) is 20.4 Å². The van der Waals surface area contributed by atoms with Gasteiger partial charge in [-0.3, -0.25) is 9.78 Å². The number of carbonyl (C=O) groups is 1. The Hall–Kier alpha value is -3.10. The van der Waals surface area contributed by atoms with E-state index in [-0.39, 0.29) is 38.9 Å². The van der Waals surface area contributed by atoms with Crippen LogP contribution in [0.2, 0.25) is 10.0 Å². The second-order valence-electron chi connectivity index (χ2n) is 6.56. The number of amides is 1. The maximum Gasteiger partial charge on any atom is 0.449 e. The molecule has 0 radical (unpaired) electrons. The van der Waals surface area contributed by atoms with Gasteiger partial charge in [0.1, 0.15) is 5.52 Å². The Bertz CT molecular complexity index is 1250. The SMILES string of the molecule is O=C(Nc1cccc2c1nc(C(F)(F)F)n2Cc1ccccn1)c1c(Cl)cccc1Cl. The third kappa shape index (κ3) is 4.22. The van der Waals surface area contributed by atoms with E-state index in [1.165, 1.54) is 36.5 Å². The van der Waals surface area contributed by atoms with Gasteiger partial charge in [-0.15, -0.1) is 0 Å². The summed E-state index contributed by atoms with van der Waals surface area (Å²) in [7, 11) is 0. The second kappa shape index (κ2) is 8.20. The van der Waals surface area contributed by atoms with E-state index in [2.05, 4.69) is 15.3 Å². The highest BCUT2D eigenvalue weighted by atomic mass is 35.5. The molecule has 0 bridgehead atoms. The fraction of sp³-hybridized carbons (Fsp3) is 0.0952. The Morgan fingerprint density at radius 1 is 1.00 bits per heavy atom. The maximum atomic E-state index is 13.7. The Morgan fingerprint density at radius 3 is 2.35 bits per heavy atom. The first kappa shape index (κ1) is 21.1. The smallest absolute Gasteiger partial charge is 0.320 e. The molecule has 5 nitrogen and oxygen atoms in total. The summed E-state index contributed by atoms with van der Waals surface area (Å²) in [5, 5.41) is 2.81. The average Bonchev–Trinajstić information content (AvgIpc) is 3.09. The largest absolute Gasteiger partial charge is 0.449 e. The molecule has 0 spiro atoms. The number of anilines is 1. The lowest BCUT2D eigenvalue weighted by atomic mass is 10.2. The number of halogens is 5. The fourth-order valence-corrected chi connectivity index (χ4v) is 3.75. The van der Waals surface area contributed by atoms with Gasteiger partial charge < -0.3 is 9.88 Å². The molecule has 0 atom stereocenters. The maximum absolute atomic E-state index is 13.7. The van der Waals surface area contributed by atoms with Crippen molar-refractivity contribution in [2.75, 3.05) is 5.32 Å². The van der Waals surface area contributed by atoms with Crippen LogP contribution in [0.1, 0.15) is 21.9 Å². The molecule has 0 aliphatic rings. The molecule has 10 heteroatoms. The minimum atomic E-state index is -4.71. The predicted molar refractivity (Wildman–Crippen MR) is 112 cm³/mol. The number of nitrogens with zero attached hydrogens (tertiary/aromatic N) is 3. The standard InChI is InChI=1S/C21H13Cl2F3N4O/c22-13-6-3-7-14(23)17(13)19(31)28-15-8-4-9-16-18(15)29-20(21(24,25)26)30(16)11-12-5-1-2-10-27-12/h1-10H,11H2,(H,28,31). The Kier molecular flexibility index (Phi) is 5.60. The Balaban J connectivity index is 1.80. The summed E-state index contributed by atoms with van der Waals surface area (Å²) < 4.78 is 42.2. The van der Waals surface area contributed by atoms with Gasteiger partial charge >= 0.3 is 6.18 Å². The van der Waals surface area contributed by atoms with E-state index in [0.717, 1.165) is 4.57 Å². The summed E-state index contributed by atoms with van der Waals surface area (Å²) in [6.45, 7) is -0.139. The van der Waals surface area contributed by atoms with Gasteiger partial charge in [-0.05, 0) is 36.4 Å². The lowest BCUT2D eigenvalue weighted by Gasteiger charge is -2.11. The number of hydrogen-bond acceptors (Lipinski definition) is 3. The quantitative estimate of drug-likeness (QED) is 0.399. The molecule has 4 aromatic rings. The lowest BCUT2D eigenvalue weighted by Crippen LogP contribution is -2.16. The summed E-state index contributed by atoms with van der Waals surface area (Å²) in [6.07, 6.45) is -3.21. The van der Waals surface area contributed by atoms with Crippen molar-refractivity contribution in [1.29, 1.82) is 0 Å². The number of nitrogens with one attached hydrogen (secondary N) is 1. The molecule has 0 aliphatic carbocycles. The van der Waals surface area contributed by atoms with Gasteiger partial charge in [0.25, 0.3) is 5.91 Å². The van der Waals surface area contributed by atoms with Crippen LogP contribution in [0.15, 0.2) is 60.8 Å². The Labute approximate surface area is 184 Å². The van der Waals surface area contributed by atoms with Crippen molar-refractivity contribution in [1.82, 2.24) is 14.5 Å². The molecule has 2 aromatic heterocycles. The van der Waals surface area contributed by atoms with Gasteiger partial charge in [-0.2, -0.15) is 13.2 Å². The van der Waals surface area contributed by atoms with Crippen LogP contribution in [0.25, 0.3) is 11.0 Å². The average molecular weight is 465 g/mol. The summed E-state index contributed by atoms with van der Waals surface area (Å²) in [4.78, 5) is 20.6. The van der Waals surface area contributed by atoms with Crippen molar-refractivity contribution in [3.05, 3.63) is 87.9 Å². The van der Waals surface area contributed by atoms with Gasteiger partial charge in [-0.25, -0.2) is 4.98 Å². The minimum absolute atomic E-state index is 0.0118. The van der Waals surface area contributed by atoms with Crippen molar-refractivity contribution in [2.45, 2.75) is 12.7 Å². The van der Waals surface area contributed by atoms with E-state index in [1.807, 2.05) is 0 Å². The lowest BCUT2D eigenvalue weighted by molar-refractivity contribution is -0.146. The van der Waals surface area contributed by atoms with E-state index >= 15 is 0 Å². The molecular formula is C21H13Cl2F3N4O. The van der Waals surface area contributed by atoms with Gasteiger partial charge in [-0.1, -0.05) is 41.4 Å². The molecule has 31 heavy (non-hydrogen) atoms. The number of alkyl halides is 3. The molecule has 2 heterocycles. The molecule has 4 rings (SSSR count). The number of aromatic nitrogens is 3. The monoisotopic (exact) mass is 464 g/mol. The highest BCUT2D eigenvalue weighted by Crippen LogP contribution is 2.35. The van der Waals surface area contributed by atoms with Crippen LogP contribution in [0.3, 0.4) is 0 Å². The molecular weight excluding hydrogens is 452 g/mol. The van der Waals surface area contributed by atoms with E-state index in [1.54, 1.807) is 24.3 Å². The molecule has 158 valence electrons. The number of carbonyl (C=O) groups excluding carboxylic acids is 1. The van der Waals surface area contributed by atoms with Gasteiger partial charge in [0.05, 0.1) is 39.1 Å². The Morgan fingerprint density at radius 2 is 1.71 bits per heavy atom. The third-order valence-corrected chi connectivity index (χ3v) is 5.15. The number of pyridine rings is 1. The molecule has 0 fully saturated rings. The fourth-order valence-electron chi connectivity index (χ4n) is 3.18. The summed E-state index contributed by atoms with van der Waals surface area (Å²) in [5.41, 5.74) is 0.739. The molecule has 0 saturated heterocycles. The summed E-state index contributed by atoms with van der Waals surface area (Å²) >= 11 is 12.1. The zero-order valence-corrected chi connectivity index (χ0v) is 17.1. The highest BCUT2D eigenvalue weighted by Gasteiger charge is 2.38. The zero-order valence-electron chi connectivity index (χ0n) is 15.6. The number of benzene rings is 2. The molecule has 2 aromatic carbocycles. The van der Waals surface area contributed by atoms with Gasteiger partial charge in [0.2, 0.25) is 5.82 Å². The first-order chi connectivity index (χ1) is 14.8. The van der Waals surface area contributed by atoms with E-state index in [0.29, 0.717) is 5.69 Å². The van der Waals surface area contributed by atoms with Crippen molar-refractivity contribution >= 4 is 45.8 Å². The third-order valence-electron chi connectivity index (χ3n) is 4.52. The normalized spacial score (nSPS) is 11.6. The van der Waals surface area contributed by atoms with Crippen LogP contribution in [-0.2, 0) is 12.7 Å². The van der Waals surface area contributed by atoms with Gasteiger partial charge in [0.15, 0.2) is 0 Å². The van der Waals surface area contributed by atoms with Crippen LogP contribution >= 0.6 is 23.2 Å². The first-order valence-corrected chi connectivity index (χ1v) is 9.73. The number of para-hydroxylation sites is 1. The first-order valence-electron chi connectivity index (χ1n) is 8.97. The number of imidazole rings is 1. The number of rotatable bonds is 4. The summed E-state index contributed by atoms with van der Waals surface area (Å²) in [5.74, 6) is -1.75. The van der Waals surface area contributed by atoms with Crippen LogP contribution in [0.4, 0.5) is 18.9 Å². The zero-order chi connectivity index (χ0) is 22.2.